The van der Waals surface area contributed by atoms with Gasteiger partial charge in [0.25, 0.3) is 0 Å². The van der Waals surface area contributed by atoms with Crippen LogP contribution in [0, 0.1) is 0 Å². The van der Waals surface area contributed by atoms with E-state index in [0.29, 0.717) is 5.91 Å². The van der Waals surface area contributed by atoms with E-state index in [1.54, 1.807) is 18.4 Å². The normalized spacial score (nSPS) is 18.9. The Bertz CT molecular complexity index is 1020. The smallest absolute Gasteiger partial charge is 0.233 e. The largest absolute Gasteiger partial charge is 0.497 e. The van der Waals surface area contributed by atoms with E-state index in [1.807, 2.05) is 30.5 Å². The van der Waals surface area contributed by atoms with Gasteiger partial charge in [0.1, 0.15) is 16.1 Å². The Morgan fingerprint density at radius 2 is 1.77 bits per heavy atom. The van der Waals surface area contributed by atoms with E-state index in [2.05, 4.69) is 26.9 Å². The fourth-order valence-corrected chi connectivity index (χ4v) is 5.95. The van der Waals surface area contributed by atoms with Gasteiger partial charge in [-0.05, 0) is 42.7 Å². The molecule has 5 rings (SSSR count). The molecule has 31 heavy (non-hydrogen) atoms. The van der Waals surface area contributed by atoms with E-state index < -0.39 is 5.41 Å². The molecule has 3 aromatic rings. The SMILES string of the molecule is COc1ccc(C2(C(=O)N3CCN(c4nc5cccnc5s4)CC3)CCCCC2)cc1. The predicted octanol–water partition coefficient (Wildman–Crippen LogP) is 4.25. The Hall–Kier alpha value is -2.67. The summed E-state index contributed by atoms with van der Waals surface area (Å²) in [4.78, 5) is 28.4. The molecule has 0 unspecified atom stereocenters. The molecule has 1 aliphatic carbocycles. The number of hydrogen-bond donors (Lipinski definition) is 0. The molecule has 7 heteroatoms. The van der Waals surface area contributed by atoms with Crippen molar-refractivity contribution in [2.24, 2.45) is 0 Å². The summed E-state index contributed by atoms with van der Waals surface area (Å²) < 4.78 is 5.33. The second-order valence-corrected chi connectivity index (χ2v) is 9.43. The van der Waals surface area contributed by atoms with Crippen molar-refractivity contribution < 1.29 is 9.53 Å². The second-order valence-electron chi connectivity index (χ2n) is 8.47. The van der Waals surface area contributed by atoms with Crippen LogP contribution in [0.3, 0.4) is 0 Å². The minimum absolute atomic E-state index is 0.294. The molecule has 162 valence electrons. The molecule has 1 aromatic carbocycles. The molecule has 1 amide bonds. The summed E-state index contributed by atoms with van der Waals surface area (Å²) in [6.45, 7) is 3.09. The van der Waals surface area contributed by atoms with Gasteiger partial charge in [0, 0.05) is 32.4 Å². The predicted molar refractivity (Wildman–Crippen MR) is 124 cm³/mol. The van der Waals surface area contributed by atoms with Gasteiger partial charge in [0.2, 0.25) is 5.91 Å². The van der Waals surface area contributed by atoms with Crippen LogP contribution >= 0.6 is 11.3 Å². The molecule has 2 fully saturated rings. The number of anilines is 1. The number of nitrogens with zero attached hydrogens (tertiary/aromatic N) is 4. The van der Waals surface area contributed by atoms with Crippen LogP contribution in [0.25, 0.3) is 10.3 Å². The van der Waals surface area contributed by atoms with Gasteiger partial charge in [-0.1, -0.05) is 42.7 Å². The fraction of sp³-hybridized carbons (Fsp3) is 0.458. The lowest BCUT2D eigenvalue weighted by atomic mass is 9.68. The highest BCUT2D eigenvalue weighted by Gasteiger charge is 2.44. The number of carbonyl (C=O) groups excluding carboxylic acids is 1. The lowest BCUT2D eigenvalue weighted by molar-refractivity contribution is -0.139. The summed E-state index contributed by atoms with van der Waals surface area (Å²) in [5.74, 6) is 1.13. The lowest BCUT2D eigenvalue weighted by Crippen LogP contribution is -2.55. The van der Waals surface area contributed by atoms with Crippen LogP contribution in [0.2, 0.25) is 0 Å². The molecule has 1 saturated heterocycles. The van der Waals surface area contributed by atoms with Crippen molar-refractivity contribution in [1.82, 2.24) is 14.9 Å². The first-order valence-corrected chi connectivity index (χ1v) is 11.9. The molecule has 0 bridgehead atoms. The molecular weight excluding hydrogens is 408 g/mol. The van der Waals surface area contributed by atoms with E-state index in [0.717, 1.165) is 78.7 Å². The number of thiazole rings is 1. The first-order valence-electron chi connectivity index (χ1n) is 11.1. The van der Waals surface area contributed by atoms with E-state index >= 15 is 0 Å². The van der Waals surface area contributed by atoms with Crippen LogP contribution in [-0.2, 0) is 10.2 Å². The number of rotatable bonds is 4. The molecule has 0 spiro atoms. The van der Waals surface area contributed by atoms with Gasteiger partial charge >= 0.3 is 0 Å². The van der Waals surface area contributed by atoms with Crippen LogP contribution in [-0.4, -0.2) is 54.1 Å². The van der Waals surface area contributed by atoms with E-state index in [1.165, 1.54) is 6.42 Å². The molecule has 0 atom stereocenters. The first kappa shape index (κ1) is 20.2. The van der Waals surface area contributed by atoms with Crippen molar-refractivity contribution in [3.8, 4) is 5.75 Å². The third-order valence-electron chi connectivity index (χ3n) is 6.75. The van der Waals surface area contributed by atoms with Gasteiger partial charge in [0.15, 0.2) is 5.13 Å². The van der Waals surface area contributed by atoms with Crippen LogP contribution < -0.4 is 9.64 Å². The molecule has 3 heterocycles. The Labute approximate surface area is 186 Å². The molecule has 1 saturated carbocycles. The first-order chi connectivity index (χ1) is 15.2. The zero-order valence-electron chi connectivity index (χ0n) is 17.9. The van der Waals surface area contributed by atoms with Gasteiger partial charge in [-0.25, -0.2) is 9.97 Å². The highest BCUT2D eigenvalue weighted by Crippen LogP contribution is 2.42. The summed E-state index contributed by atoms with van der Waals surface area (Å²) in [5, 5.41) is 1.00. The second kappa shape index (κ2) is 8.46. The number of benzene rings is 1. The number of piperazine rings is 1. The molecule has 6 nitrogen and oxygen atoms in total. The minimum atomic E-state index is -0.396. The van der Waals surface area contributed by atoms with Crippen LogP contribution in [0.15, 0.2) is 42.6 Å². The average Bonchev–Trinajstić information content (AvgIpc) is 3.28. The lowest BCUT2D eigenvalue weighted by Gasteiger charge is -2.43. The van der Waals surface area contributed by atoms with Gasteiger partial charge in [-0.2, -0.15) is 0 Å². The summed E-state index contributed by atoms with van der Waals surface area (Å²) in [6, 6.07) is 12.1. The molecule has 1 aliphatic heterocycles. The van der Waals surface area contributed by atoms with Crippen molar-refractivity contribution >= 4 is 32.7 Å². The zero-order valence-corrected chi connectivity index (χ0v) is 18.7. The highest BCUT2D eigenvalue weighted by atomic mass is 32.1. The third kappa shape index (κ3) is 3.76. The standard InChI is InChI=1S/C24H28N4O2S/c1-30-19-9-7-18(8-10-19)24(11-3-2-4-12-24)22(29)27-14-16-28(17-15-27)23-26-20-6-5-13-25-21(20)31-23/h5-10,13H,2-4,11-12,14-17H2,1H3. The Kier molecular flexibility index (Phi) is 5.52. The molecule has 0 N–H and O–H groups in total. The fourth-order valence-electron chi connectivity index (χ4n) is 4.99. The van der Waals surface area contributed by atoms with Gasteiger partial charge < -0.3 is 14.5 Å². The number of fused-ring (bicyclic) bond motifs is 1. The van der Waals surface area contributed by atoms with E-state index in [-0.39, 0.29) is 0 Å². The van der Waals surface area contributed by atoms with Gasteiger partial charge in [0.05, 0.1) is 12.5 Å². The summed E-state index contributed by atoms with van der Waals surface area (Å²) in [6.07, 6.45) is 7.10. The number of ether oxygens (including phenoxy) is 1. The number of pyridine rings is 1. The summed E-state index contributed by atoms with van der Waals surface area (Å²) in [5.41, 5.74) is 1.69. The van der Waals surface area contributed by atoms with Crippen molar-refractivity contribution in [3.05, 3.63) is 48.2 Å². The van der Waals surface area contributed by atoms with E-state index in [4.69, 9.17) is 9.72 Å². The van der Waals surface area contributed by atoms with Gasteiger partial charge in [-0.3, -0.25) is 4.79 Å². The zero-order chi connectivity index (χ0) is 21.3. The Morgan fingerprint density at radius 3 is 2.45 bits per heavy atom. The molecule has 0 radical (unpaired) electrons. The Balaban J connectivity index is 1.33. The highest BCUT2D eigenvalue weighted by molar-refractivity contribution is 7.21. The van der Waals surface area contributed by atoms with Crippen molar-refractivity contribution in [3.63, 3.8) is 0 Å². The number of hydrogen-bond acceptors (Lipinski definition) is 6. The Morgan fingerprint density at radius 1 is 1.03 bits per heavy atom. The van der Waals surface area contributed by atoms with Gasteiger partial charge in [-0.15, -0.1) is 0 Å². The maximum atomic E-state index is 13.9. The summed E-state index contributed by atoms with van der Waals surface area (Å²) >= 11 is 1.63. The topological polar surface area (TPSA) is 58.6 Å². The van der Waals surface area contributed by atoms with Crippen LogP contribution in [0.4, 0.5) is 5.13 Å². The quantitative estimate of drug-likeness (QED) is 0.612. The molecule has 2 aliphatic rings. The molecule has 2 aromatic heterocycles. The number of methoxy groups -OCH3 is 1. The van der Waals surface area contributed by atoms with Crippen molar-refractivity contribution in [1.29, 1.82) is 0 Å². The maximum absolute atomic E-state index is 13.9. The maximum Gasteiger partial charge on any atom is 0.233 e. The van der Waals surface area contributed by atoms with Crippen molar-refractivity contribution in [2.45, 2.75) is 37.5 Å². The average molecular weight is 437 g/mol. The van der Waals surface area contributed by atoms with Crippen LogP contribution in [0.1, 0.15) is 37.7 Å². The monoisotopic (exact) mass is 436 g/mol. The number of amides is 1. The van der Waals surface area contributed by atoms with Crippen LogP contribution in [0.5, 0.6) is 5.75 Å². The van der Waals surface area contributed by atoms with Crippen molar-refractivity contribution in [2.75, 3.05) is 38.2 Å². The minimum Gasteiger partial charge on any atom is -0.497 e. The number of aromatic nitrogens is 2. The molecular formula is C24H28N4O2S. The number of carbonyl (C=O) groups is 1. The summed E-state index contributed by atoms with van der Waals surface area (Å²) in [7, 11) is 1.68. The van der Waals surface area contributed by atoms with E-state index in [9.17, 15) is 4.79 Å². The third-order valence-corrected chi connectivity index (χ3v) is 7.79.